The molecule has 1 saturated heterocycles. The van der Waals surface area contributed by atoms with E-state index in [-0.39, 0.29) is 0 Å². The Kier molecular flexibility index (Phi) is 3.72. The molecule has 1 aliphatic rings. The summed E-state index contributed by atoms with van der Waals surface area (Å²) >= 11 is 0. The first kappa shape index (κ1) is 10.5. The minimum absolute atomic E-state index is 0.346. The van der Waals surface area contributed by atoms with Gasteiger partial charge in [-0.05, 0) is 31.3 Å². The predicted octanol–water partition coefficient (Wildman–Crippen LogP) is 1.44. The first-order valence-corrected chi connectivity index (χ1v) is 5.07. The van der Waals surface area contributed by atoms with Gasteiger partial charge in [0.05, 0.1) is 0 Å². The molecule has 76 valence electrons. The van der Waals surface area contributed by atoms with Crippen molar-refractivity contribution in [1.82, 2.24) is 4.90 Å². The van der Waals surface area contributed by atoms with Crippen LogP contribution in [0.1, 0.15) is 26.7 Å². The number of carboxylic acids is 1. The lowest BCUT2D eigenvalue weighted by Crippen LogP contribution is -2.39. The maximum Gasteiger partial charge on any atom is 0.303 e. The monoisotopic (exact) mass is 185 g/mol. The number of aliphatic carboxylic acids is 1. The molecular formula is C10H19NO2. The largest absolute Gasteiger partial charge is 0.481 e. The maximum atomic E-state index is 10.6. The number of piperidine rings is 1. The van der Waals surface area contributed by atoms with Gasteiger partial charge in [-0.25, -0.2) is 0 Å². The number of carbonyl (C=O) groups is 1. The van der Waals surface area contributed by atoms with E-state index in [2.05, 4.69) is 18.7 Å². The Morgan fingerprint density at radius 2 is 2.31 bits per heavy atom. The molecule has 13 heavy (non-hydrogen) atoms. The summed E-state index contributed by atoms with van der Waals surface area (Å²) in [6.45, 7) is 7.54. The second kappa shape index (κ2) is 4.61. The number of carboxylic acid groups (broad SMARTS) is 1. The molecule has 2 unspecified atom stereocenters. The molecule has 1 fully saturated rings. The van der Waals surface area contributed by atoms with Crippen molar-refractivity contribution < 1.29 is 9.90 Å². The highest BCUT2D eigenvalue weighted by molar-refractivity contribution is 5.67. The summed E-state index contributed by atoms with van der Waals surface area (Å²) in [5.74, 6) is 0.270. The molecule has 0 spiro atoms. The van der Waals surface area contributed by atoms with E-state index in [4.69, 9.17) is 5.11 Å². The zero-order valence-corrected chi connectivity index (χ0v) is 8.49. The molecule has 0 bridgehead atoms. The van der Waals surface area contributed by atoms with E-state index in [0.717, 1.165) is 26.1 Å². The second-order valence-electron chi connectivity index (χ2n) is 4.02. The van der Waals surface area contributed by atoms with Gasteiger partial charge in [0.2, 0.25) is 0 Å². The molecule has 0 aromatic carbocycles. The number of nitrogens with zero attached hydrogens (tertiary/aromatic N) is 1. The van der Waals surface area contributed by atoms with Crippen LogP contribution in [0.2, 0.25) is 0 Å². The molecule has 0 aromatic rings. The molecule has 3 nitrogen and oxygen atoms in total. The van der Waals surface area contributed by atoms with Crippen molar-refractivity contribution in [3.8, 4) is 0 Å². The fourth-order valence-electron chi connectivity index (χ4n) is 2.10. The van der Waals surface area contributed by atoms with Gasteiger partial charge >= 0.3 is 5.97 Å². The first-order chi connectivity index (χ1) is 6.13. The van der Waals surface area contributed by atoms with Gasteiger partial charge < -0.3 is 10.0 Å². The van der Waals surface area contributed by atoms with Crippen LogP contribution in [0.25, 0.3) is 0 Å². The van der Waals surface area contributed by atoms with E-state index in [1.54, 1.807) is 0 Å². The molecule has 0 amide bonds. The molecule has 0 aromatic heterocycles. The van der Waals surface area contributed by atoms with Crippen molar-refractivity contribution in [2.75, 3.05) is 19.6 Å². The van der Waals surface area contributed by atoms with Crippen molar-refractivity contribution in [3.63, 3.8) is 0 Å². The van der Waals surface area contributed by atoms with E-state index in [1.165, 1.54) is 0 Å². The summed E-state index contributed by atoms with van der Waals surface area (Å²) < 4.78 is 0. The third kappa shape index (κ3) is 2.99. The number of hydrogen-bond acceptors (Lipinski definition) is 2. The Morgan fingerprint density at radius 1 is 1.62 bits per heavy atom. The Bertz CT molecular complexity index is 182. The van der Waals surface area contributed by atoms with Gasteiger partial charge in [-0.1, -0.05) is 13.8 Å². The number of rotatable bonds is 3. The highest BCUT2D eigenvalue weighted by Gasteiger charge is 2.26. The molecule has 0 radical (unpaired) electrons. The number of hydrogen-bond donors (Lipinski definition) is 1. The third-order valence-electron chi connectivity index (χ3n) is 3.05. The van der Waals surface area contributed by atoms with E-state index in [0.29, 0.717) is 18.3 Å². The molecule has 0 saturated carbocycles. The molecular weight excluding hydrogens is 166 g/mol. The Hall–Kier alpha value is -0.570. The average molecular weight is 185 g/mol. The lowest BCUT2D eigenvalue weighted by atomic mass is 9.84. The topological polar surface area (TPSA) is 40.5 Å². The van der Waals surface area contributed by atoms with Crippen molar-refractivity contribution in [2.45, 2.75) is 26.7 Å². The molecule has 2 atom stereocenters. The fourth-order valence-corrected chi connectivity index (χ4v) is 2.10. The summed E-state index contributed by atoms with van der Waals surface area (Å²) in [5, 5.41) is 8.69. The molecule has 0 aliphatic carbocycles. The molecule has 1 rings (SSSR count). The van der Waals surface area contributed by atoms with Crippen LogP contribution >= 0.6 is 0 Å². The third-order valence-corrected chi connectivity index (χ3v) is 3.05. The highest BCUT2D eigenvalue weighted by Crippen LogP contribution is 2.25. The van der Waals surface area contributed by atoms with Crippen LogP contribution in [0.4, 0.5) is 0 Å². The van der Waals surface area contributed by atoms with Gasteiger partial charge in [-0.2, -0.15) is 0 Å². The van der Waals surface area contributed by atoms with Crippen LogP contribution in [-0.2, 0) is 4.79 Å². The van der Waals surface area contributed by atoms with Crippen LogP contribution in [0.5, 0.6) is 0 Å². The van der Waals surface area contributed by atoms with Gasteiger partial charge in [0, 0.05) is 13.0 Å². The van der Waals surface area contributed by atoms with Crippen molar-refractivity contribution in [2.24, 2.45) is 11.8 Å². The summed E-state index contributed by atoms with van der Waals surface area (Å²) in [6, 6.07) is 0. The zero-order chi connectivity index (χ0) is 9.84. The lowest BCUT2D eigenvalue weighted by molar-refractivity contribution is -0.139. The summed E-state index contributed by atoms with van der Waals surface area (Å²) in [4.78, 5) is 12.9. The first-order valence-electron chi connectivity index (χ1n) is 5.07. The van der Waals surface area contributed by atoms with Gasteiger partial charge in [-0.3, -0.25) is 4.79 Å². The molecule has 3 heteroatoms. The SMILES string of the molecule is CCN1CCC(CC(=O)O)C(C)C1. The molecule has 1 heterocycles. The maximum absolute atomic E-state index is 10.6. The van der Waals surface area contributed by atoms with Crippen LogP contribution in [0.3, 0.4) is 0 Å². The van der Waals surface area contributed by atoms with E-state index < -0.39 is 5.97 Å². The molecule has 1 aliphatic heterocycles. The normalized spacial score (nSPS) is 30.3. The van der Waals surface area contributed by atoms with E-state index >= 15 is 0 Å². The minimum Gasteiger partial charge on any atom is -0.481 e. The Balaban J connectivity index is 2.39. The van der Waals surface area contributed by atoms with E-state index in [1.807, 2.05) is 0 Å². The van der Waals surface area contributed by atoms with Crippen molar-refractivity contribution in [3.05, 3.63) is 0 Å². The quantitative estimate of drug-likeness (QED) is 0.723. The predicted molar refractivity (Wildman–Crippen MR) is 51.6 cm³/mol. The van der Waals surface area contributed by atoms with Crippen LogP contribution < -0.4 is 0 Å². The average Bonchev–Trinajstić information content (AvgIpc) is 2.08. The van der Waals surface area contributed by atoms with Crippen LogP contribution in [0.15, 0.2) is 0 Å². The highest BCUT2D eigenvalue weighted by atomic mass is 16.4. The number of likely N-dealkylation sites (tertiary alicyclic amines) is 1. The van der Waals surface area contributed by atoms with Crippen molar-refractivity contribution in [1.29, 1.82) is 0 Å². The lowest BCUT2D eigenvalue weighted by Gasteiger charge is -2.35. The Labute approximate surface area is 79.7 Å². The van der Waals surface area contributed by atoms with Crippen molar-refractivity contribution >= 4 is 5.97 Å². The Morgan fingerprint density at radius 3 is 2.77 bits per heavy atom. The van der Waals surface area contributed by atoms with Crippen LogP contribution in [0, 0.1) is 11.8 Å². The summed E-state index contributed by atoms with van der Waals surface area (Å²) in [6.07, 6.45) is 1.39. The second-order valence-corrected chi connectivity index (χ2v) is 4.02. The smallest absolute Gasteiger partial charge is 0.303 e. The van der Waals surface area contributed by atoms with Gasteiger partial charge in [0.1, 0.15) is 0 Å². The van der Waals surface area contributed by atoms with Gasteiger partial charge in [0.15, 0.2) is 0 Å². The summed E-state index contributed by atoms with van der Waals surface area (Å²) in [5.41, 5.74) is 0. The summed E-state index contributed by atoms with van der Waals surface area (Å²) in [7, 11) is 0. The van der Waals surface area contributed by atoms with Gasteiger partial charge in [-0.15, -0.1) is 0 Å². The molecule has 1 N–H and O–H groups in total. The van der Waals surface area contributed by atoms with Gasteiger partial charge in [0.25, 0.3) is 0 Å². The standard InChI is InChI=1S/C10H19NO2/c1-3-11-5-4-9(6-10(12)13)8(2)7-11/h8-9H,3-7H2,1-2H3,(H,12,13). The zero-order valence-electron chi connectivity index (χ0n) is 8.49. The van der Waals surface area contributed by atoms with E-state index in [9.17, 15) is 4.79 Å². The minimum atomic E-state index is -0.651. The van der Waals surface area contributed by atoms with Crippen LogP contribution in [-0.4, -0.2) is 35.6 Å². The fraction of sp³-hybridized carbons (Fsp3) is 0.900.